The Morgan fingerprint density at radius 2 is 1.97 bits per heavy atom. The zero-order valence-corrected chi connectivity index (χ0v) is 19.6. The second kappa shape index (κ2) is 12.3. The smallest absolute Gasteiger partial charge is 0.309 e. The third kappa shape index (κ3) is 6.77. The molecular formula is C25H38N2O5. The number of hydrogen-bond acceptors (Lipinski definition) is 5. The molecule has 1 aromatic carbocycles. The summed E-state index contributed by atoms with van der Waals surface area (Å²) in [6.45, 7) is 6.13. The number of carbonyl (C=O) groups excluding carboxylic acids is 2. The molecule has 2 N–H and O–H groups in total. The van der Waals surface area contributed by atoms with Crippen LogP contribution in [-0.2, 0) is 23.8 Å². The Hall–Kier alpha value is -1.96. The molecule has 0 spiro atoms. The second-order valence-corrected chi connectivity index (χ2v) is 9.19. The van der Waals surface area contributed by atoms with Gasteiger partial charge in [0.15, 0.2) is 0 Å². The fraction of sp³-hybridized carbons (Fsp3) is 0.680. The van der Waals surface area contributed by atoms with Crippen LogP contribution in [0.25, 0.3) is 0 Å². The van der Waals surface area contributed by atoms with Crippen LogP contribution in [0.5, 0.6) is 0 Å². The van der Waals surface area contributed by atoms with E-state index >= 15 is 0 Å². The van der Waals surface area contributed by atoms with Crippen molar-refractivity contribution in [1.82, 2.24) is 10.6 Å². The number of amides is 2. The molecule has 2 aliphatic rings. The number of nitrogens with one attached hydrogen (secondary N) is 2. The third-order valence-electron chi connectivity index (χ3n) is 6.70. The molecular weight excluding hydrogens is 408 g/mol. The minimum absolute atomic E-state index is 0.166. The molecule has 178 valence electrons. The molecule has 1 aliphatic carbocycles. The Kier molecular flexibility index (Phi) is 9.51. The molecule has 2 amide bonds. The average Bonchev–Trinajstić information content (AvgIpc) is 2.79. The summed E-state index contributed by atoms with van der Waals surface area (Å²) in [6.07, 6.45) is 4.80. The van der Waals surface area contributed by atoms with Crippen LogP contribution in [0, 0.1) is 18.8 Å². The van der Waals surface area contributed by atoms with Crippen molar-refractivity contribution >= 4 is 11.8 Å². The first-order valence-corrected chi connectivity index (χ1v) is 11.8. The van der Waals surface area contributed by atoms with Crippen LogP contribution in [0.2, 0.25) is 0 Å². The van der Waals surface area contributed by atoms with E-state index in [-0.39, 0.29) is 18.2 Å². The Labute approximate surface area is 191 Å². The summed E-state index contributed by atoms with van der Waals surface area (Å²) in [6, 6.07) is 7.70. The maximum Gasteiger partial charge on any atom is 0.309 e. The zero-order valence-electron chi connectivity index (χ0n) is 19.6. The van der Waals surface area contributed by atoms with Crippen molar-refractivity contribution in [2.75, 3.05) is 33.5 Å². The van der Waals surface area contributed by atoms with Crippen molar-refractivity contribution in [3.63, 3.8) is 0 Å². The predicted molar refractivity (Wildman–Crippen MR) is 122 cm³/mol. The molecule has 2 fully saturated rings. The third-order valence-corrected chi connectivity index (χ3v) is 6.70. The Balaban J connectivity index is 1.67. The van der Waals surface area contributed by atoms with Crippen molar-refractivity contribution in [3.8, 4) is 0 Å². The first-order chi connectivity index (χ1) is 15.5. The van der Waals surface area contributed by atoms with Crippen molar-refractivity contribution in [2.24, 2.45) is 11.8 Å². The number of carbonyl (C=O) groups is 2. The monoisotopic (exact) mass is 446 g/mol. The lowest BCUT2D eigenvalue weighted by Crippen LogP contribution is -2.54. The number of aryl methyl sites for hydroxylation is 1. The molecule has 1 aliphatic heterocycles. The van der Waals surface area contributed by atoms with Gasteiger partial charge in [-0.25, -0.2) is 0 Å². The number of benzene rings is 1. The lowest BCUT2D eigenvalue weighted by Gasteiger charge is -2.35. The van der Waals surface area contributed by atoms with Gasteiger partial charge in [-0.15, -0.1) is 0 Å². The van der Waals surface area contributed by atoms with Gasteiger partial charge in [-0.2, -0.15) is 0 Å². The van der Waals surface area contributed by atoms with E-state index in [2.05, 4.69) is 36.6 Å². The van der Waals surface area contributed by atoms with E-state index < -0.39 is 11.8 Å². The van der Waals surface area contributed by atoms with Crippen molar-refractivity contribution in [3.05, 3.63) is 35.4 Å². The van der Waals surface area contributed by atoms with Gasteiger partial charge in [0.05, 0.1) is 31.9 Å². The molecule has 3 rings (SSSR count). The Morgan fingerprint density at radius 3 is 2.72 bits per heavy atom. The summed E-state index contributed by atoms with van der Waals surface area (Å²) in [5, 5.41) is 5.96. The zero-order chi connectivity index (χ0) is 22.9. The van der Waals surface area contributed by atoms with E-state index in [9.17, 15) is 9.59 Å². The van der Waals surface area contributed by atoms with Crippen molar-refractivity contribution in [2.45, 2.75) is 64.1 Å². The van der Waals surface area contributed by atoms with Crippen molar-refractivity contribution in [1.29, 1.82) is 0 Å². The Bertz CT molecular complexity index is 756. The fourth-order valence-electron chi connectivity index (χ4n) is 4.93. The van der Waals surface area contributed by atoms with Gasteiger partial charge in [0.1, 0.15) is 6.10 Å². The van der Waals surface area contributed by atoms with Crippen LogP contribution in [0.3, 0.4) is 0 Å². The molecule has 1 saturated carbocycles. The summed E-state index contributed by atoms with van der Waals surface area (Å²) in [5.74, 6) is -0.249. The summed E-state index contributed by atoms with van der Waals surface area (Å²) >= 11 is 0. The molecule has 5 atom stereocenters. The van der Waals surface area contributed by atoms with Crippen LogP contribution in [-0.4, -0.2) is 57.5 Å². The van der Waals surface area contributed by atoms with Crippen LogP contribution in [0.1, 0.15) is 56.2 Å². The maximum atomic E-state index is 13.0. The molecule has 1 aromatic rings. The molecule has 0 radical (unpaired) electrons. The second-order valence-electron chi connectivity index (χ2n) is 9.19. The number of methoxy groups -OCH3 is 1. The van der Waals surface area contributed by atoms with Gasteiger partial charge in [0, 0.05) is 13.7 Å². The van der Waals surface area contributed by atoms with Crippen LogP contribution < -0.4 is 10.6 Å². The standard InChI is InChI=1S/C25H38N2O5/c1-17-7-6-9-19(15-17)23(20-10-5-4-8-18(20)2)27-25(29)24(28)26-21-11-12-31-16-22(21)32-14-13-30-3/h4-5,8,10,17,19,21-23H,6-7,9,11-16H2,1-3H3,(H,26,28)(H,27,29). The highest BCUT2D eigenvalue weighted by molar-refractivity contribution is 6.35. The highest BCUT2D eigenvalue weighted by Gasteiger charge is 2.33. The number of ether oxygens (including phenoxy) is 3. The molecule has 32 heavy (non-hydrogen) atoms. The van der Waals surface area contributed by atoms with E-state index in [1.807, 2.05) is 12.1 Å². The van der Waals surface area contributed by atoms with Gasteiger partial charge < -0.3 is 24.8 Å². The topological polar surface area (TPSA) is 85.9 Å². The number of rotatable bonds is 8. The van der Waals surface area contributed by atoms with Crippen LogP contribution >= 0.6 is 0 Å². The fourth-order valence-corrected chi connectivity index (χ4v) is 4.93. The van der Waals surface area contributed by atoms with Gasteiger partial charge >= 0.3 is 11.8 Å². The highest BCUT2D eigenvalue weighted by Crippen LogP contribution is 2.38. The number of hydrogen-bond donors (Lipinski definition) is 2. The van der Waals surface area contributed by atoms with E-state index in [1.54, 1.807) is 7.11 Å². The first kappa shape index (κ1) is 24.7. The summed E-state index contributed by atoms with van der Waals surface area (Å²) in [4.78, 5) is 25.8. The average molecular weight is 447 g/mol. The van der Waals surface area contributed by atoms with E-state index in [0.29, 0.717) is 44.7 Å². The van der Waals surface area contributed by atoms with Crippen molar-refractivity contribution < 1.29 is 23.8 Å². The largest absolute Gasteiger partial charge is 0.382 e. The minimum atomic E-state index is -0.611. The predicted octanol–water partition coefficient (Wildman–Crippen LogP) is 2.92. The Morgan fingerprint density at radius 1 is 1.16 bits per heavy atom. The summed E-state index contributed by atoms with van der Waals surface area (Å²) in [7, 11) is 1.61. The molecule has 5 unspecified atom stereocenters. The lowest BCUT2D eigenvalue weighted by atomic mass is 9.76. The lowest BCUT2D eigenvalue weighted by molar-refractivity contribution is -0.142. The summed E-state index contributed by atoms with van der Waals surface area (Å²) < 4.78 is 16.3. The van der Waals surface area contributed by atoms with E-state index in [1.165, 1.54) is 6.42 Å². The van der Waals surface area contributed by atoms with Gasteiger partial charge in [-0.05, 0) is 49.1 Å². The summed E-state index contributed by atoms with van der Waals surface area (Å²) in [5.41, 5.74) is 2.23. The SMILES string of the molecule is COCCOC1COCCC1NC(=O)C(=O)NC(c1ccccc1C)C1CCCC(C)C1. The van der Waals surface area contributed by atoms with Crippen LogP contribution in [0.15, 0.2) is 24.3 Å². The normalized spacial score (nSPS) is 26.8. The maximum absolute atomic E-state index is 13.0. The van der Waals surface area contributed by atoms with Gasteiger partial charge in [-0.3, -0.25) is 9.59 Å². The minimum Gasteiger partial charge on any atom is -0.382 e. The molecule has 7 heteroatoms. The molecule has 0 bridgehead atoms. The van der Waals surface area contributed by atoms with Gasteiger partial charge in [0.25, 0.3) is 0 Å². The van der Waals surface area contributed by atoms with E-state index in [0.717, 1.165) is 30.4 Å². The molecule has 7 nitrogen and oxygen atoms in total. The van der Waals surface area contributed by atoms with Gasteiger partial charge in [-0.1, -0.05) is 44.0 Å². The quantitative estimate of drug-likeness (QED) is 0.474. The molecule has 0 aromatic heterocycles. The highest BCUT2D eigenvalue weighted by atomic mass is 16.6. The molecule has 1 saturated heterocycles. The molecule has 1 heterocycles. The van der Waals surface area contributed by atoms with Gasteiger partial charge in [0.2, 0.25) is 0 Å². The van der Waals surface area contributed by atoms with Crippen LogP contribution in [0.4, 0.5) is 0 Å². The van der Waals surface area contributed by atoms with E-state index in [4.69, 9.17) is 14.2 Å². The first-order valence-electron chi connectivity index (χ1n) is 11.8.